The van der Waals surface area contributed by atoms with Crippen molar-refractivity contribution >= 4 is 0 Å². The van der Waals surface area contributed by atoms with Crippen LogP contribution in [0.15, 0.2) is 24.3 Å². The van der Waals surface area contributed by atoms with Gasteiger partial charge in [-0.15, -0.1) is 0 Å². The van der Waals surface area contributed by atoms with Crippen LogP contribution in [-0.4, -0.2) is 19.3 Å². The normalized spacial score (nSPS) is 13.8. The van der Waals surface area contributed by atoms with Crippen molar-refractivity contribution in [3.05, 3.63) is 35.6 Å². The number of hydrogen-bond acceptors (Lipinski definition) is 2. The van der Waals surface area contributed by atoms with Crippen LogP contribution in [0, 0.1) is 5.82 Å². The Morgan fingerprint density at radius 2 is 1.75 bits per heavy atom. The molecule has 2 nitrogen and oxygen atoms in total. The number of nitrogens with two attached hydrogens (primary N) is 1. The second-order valence-corrected chi connectivity index (χ2v) is 3.34. The van der Waals surface area contributed by atoms with Crippen LogP contribution in [0.1, 0.15) is 11.6 Å². The largest absolute Gasteiger partial charge is 0.401 e. The van der Waals surface area contributed by atoms with Crippen LogP contribution in [-0.2, 0) is 0 Å². The van der Waals surface area contributed by atoms with Crippen molar-refractivity contribution in [2.75, 3.05) is 13.1 Å². The second kappa shape index (κ2) is 5.27. The lowest BCUT2D eigenvalue weighted by molar-refractivity contribution is -0.126. The third-order valence-corrected chi connectivity index (χ3v) is 2.06. The molecule has 0 aliphatic heterocycles. The first-order valence-electron chi connectivity index (χ1n) is 4.68. The average molecular weight is 236 g/mol. The van der Waals surface area contributed by atoms with Crippen LogP contribution >= 0.6 is 0 Å². The fraction of sp³-hybridized carbons (Fsp3) is 0.400. The van der Waals surface area contributed by atoms with Gasteiger partial charge in [-0.05, 0) is 17.7 Å². The maximum atomic E-state index is 12.6. The summed E-state index contributed by atoms with van der Waals surface area (Å²) < 4.78 is 48.5. The van der Waals surface area contributed by atoms with E-state index in [2.05, 4.69) is 5.32 Å². The van der Waals surface area contributed by atoms with Crippen LogP contribution in [0.3, 0.4) is 0 Å². The van der Waals surface area contributed by atoms with E-state index >= 15 is 0 Å². The fourth-order valence-corrected chi connectivity index (χ4v) is 1.27. The predicted molar refractivity (Wildman–Crippen MR) is 52.3 cm³/mol. The maximum absolute atomic E-state index is 12.6. The smallest absolute Gasteiger partial charge is 0.329 e. The summed E-state index contributed by atoms with van der Waals surface area (Å²) in [5.74, 6) is -0.435. The first-order valence-corrected chi connectivity index (χ1v) is 4.68. The van der Waals surface area contributed by atoms with Crippen LogP contribution in [0.25, 0.3) is 0 Å². The molecule has 0 aliphatic rings. The van der Waals surface area contributed by atoms with Gasteiger partial charge in [0.2, 0.25) is 0 Å². The molecule has 1 unspecified atom stereocenters. The van der Waals surface area contributed by atoms with Gasteiger partial charge in [0.15, 0.2) is 0 Å². The zero-order chi connectivity index (χ0) is 12.2. The zero-order valence-corrected chi connectivity index (χ0v) is 8.39. The SMILES string of the molecule is NCC(NCC(F)(F)F)c1ccc(F)cc1. The van der Waals surface area contributed by atoms with Crippen LogP contribution in [0.5, 0.6) is 0 Å². The Morgan fingerprint density at radius 3 is 2.19 bits per heavy atom. The van der Waals surface area contributed by atoms with Gasteiger partial charge in [-0.3, -0.25) is 0 Å². The number of benzene rings is 1. The number of alkyl halides is 3. The quantitative estimate of drug-likeness (QED) is 0.784. The standard InChI is InChI=1S/C10H12F4N2/c11-8-3-1-7(2-4-8)9(5-15)16-6-10(12,13)14/h1-4,9,16H,5-6,15H2. The maximum Gasteiger partial charge on any atom is 0.401 e. The minimum atomic E-state index is -4.28. The molecule has 0 aliphatic carbocycles. The molecular formula is C10H12F4N2. The highest BCUT2D eigenvalue weighted by atomic mass is 19.4. The molecular weight excluding hydrogens is 224 g/mol. The van der Waals surface area contributed by atoms with E-state index in [9.17, 15) is 17.6 Å². The summed E-state index contributed by atoms with van der Waals surface area (Å²) in [5, 5.41) is 2.27. The molecule has 1 rings (SSSR count). The van der Waals surface area contributed by atoms with E-state index in [-0.39, 0.29) is 6.54 Å². The summed E-state index contributed by atoms with van der Waals surface area (Å²) in [6.07, 6.45) is -4.28. The van der Waals surface area contributed by atoms with Crippen molar-refractivity contribution in [3.8, 4) is 0 Å². The molecule has 6 heteroatoms. The number of rotatable bonds is 4. The van der Waals surface area contributed by atoms with E-state index in [0.717, 1.165) is 0 Å². The third-order valence-electron chi connectivity index (χ3n) is 2.06. The Labute approximate surface area is 90.4 Å². The van der Waals surface area contributed by atoms with Gasteiger partial charge in [-0.2, -0.15) is 13.2 Å². The molecule has 16 heavy (non-hydrogen) atoms. The average Bonchev–Trinajstić information content (AvgIpc) is 2.20. The molecule has 1 aromatic carbocycles. The topological polar surface area (TPSA) is 38.0 Å². The van der Waals surface area contributed by atoms with Crippen molar-refractivity contribution in [1.82, 2.24) is 5.32 Å². The molecule has 0 spiro atoms. The molecule has 3 N–H and O–H groups in total. The monoisotopic (exact) mass is 236 g/mol. The van der Waals surface area contributed by atoms with Crippen molar-refractivity contribution in [3.63, 3.8) is 0 Å². The summed E-state index contributed by atoms with van der Waals surface area (Å²) >= 11 is 0. The van der Waals surface area contributed by atoms with Gasteiger partial charge in [0.1, 0.15) is 5.82 Å². The Bertz CT molecular complexity index is 321. The lowest BCUT2D eigenvalue weighted by Crippen LogP contribution is -2.35. The number of nitrogens with one attached hydrogen (secondary N) is 1. The summed E-state index contributed by atoms with van der Waals surface area (Å²) in [4.78, 5) is 0. The Kier molecular flexibility index (Phi) is 4.26. The van der Waals surface area contributed by atoms with E-state index in [1.54, 1.807) is 0 Å². The highest BCUT2D eigenvalue weighted by Gasteiger charge is 2.28. The fourth-order valence-electron chi connectivity index (χ4n) is 1.27. The minimum absolute atomic E-state index is 0.0156. The molecule has 90 valence electrons. The summed E-state index contributed by atoms with van der Waals surface area (Å²) in [7, 11) is 0. The first kappa shape index (κ1) is 12.9. The first-order chi connectivity index (χ1) is 7.42. The Hall–Kier alpha value is -1.14. The van der Waals surface area contributed by atoms with Crippen molar-refractivity contribution in [2.24, 2.45) is 5.73 Å². The van der Waals surface area contributed by atoms with E-state index in [0.29, 0.717) is 5.56 Å². The summed E-state index contributed by atoms with van der Waals surface area (Å²) in [6.45, 7) is -1.10. The molecule has 0 radical (unpaired) electrons. The van der Waals surface area contributed by atoms with Gasteiger partial charge in [-0.25, -0.2) is 4.39 Å². The summed E-state index contributed by atoms with van der Waals surface area (Å²) in [5.41, 5.74) is 5.88. The zero-order valence-electron chi connectivity index (χ0n) is 8.39. The molecule has 0 amide bonds. The molecule has 0 saturated carbocycles. The van der Waals surface area contributed by atoms with Gasteiger partial charge in [-0.1, -0.05) is 12.1 Å². The Balaban J connectivity index is 2.64. The van der Waals surface area contributed by atoms with Crippen LogP contribution < -0.4 is 11.1 Å². The van der Waals surface area contributed by atoms with Crippen molar-refractivity contribution < 1.29 is 17.6 Å². The highest BCUT2D eigenvalue weighted by molar-refractivity contribution is 5.20. The lowest BCUT2D eigenvalue weighted by Gasteiger charge is -2.18. The van der Waals surface area contributed by atoms with Gasteiger partial charge >= 0.3 is 6.18 Å². The van der Waals surface area contributed by atoms with E-state index in [1.807, 2.05) is 0 Å². The minimum Gasteiger partial charge on any atom is -0.329 e. The van der Waals surface area contributed by atoms with Crippen LogP contribution in [0.2, 0.25) is 0 Å². The highest BCUT2D eigenvalue weighted by Crippen LogP contribution is 2.17. The molecule has 1 atom stereocenters. The molecule has 0 fully saturated rings. The molecule has 0 bridgehead atoms. The number of hydrogen-bond donors (Lipinski definition) is 2. The van der Waals surface area contributed by atoms with Crippen LogP contribution in [0.4, 0.5) is 17.6 Å². The van der Waals surface area contributed by atoms with Crippen molar-refractivity contribution in [2.45, 2.75) is 12.2 Å². The van der Waals surface area contributed by atoms with Crippen molar-refractivity contribution in [1.29, 1.82) is 0 Å². The van der Waals surface area contributed by atoms with E-state index in [4.69, 9.17) is 5.73 Å². The van der Waals surface area contributed by atoms with E-state index < -0.39 is 24.6 Å². The predicted octanol–water partition coefficient (Wildman–Crippen LogP) is 1.98. The van der Waals surface area contributed by atoms with Gasteiger partial charge in [0, 0.05) is 12.6 Å². The molecule has 0 saturated heterocycles. The number of halogens is 4. The Morgan fingerprint density at radius 1 is 1.19 bits per heavy atom. The van der Waals surface area contributed by atoms with Gasteiger partial charge < -0.3 is 11.1 Å². The summed E-state index contributed by atoms with van der Waals surface area (Å²) in [6, 6.07) is 4.58. The van der Waals surface area contributed by atoms with E-state index in [1.165, 1.54) is 24.3 Å². The molecule has 0 heterocycles. The molecule has 1 aromatic rings. The second-order valence-electron chi connectivity index (χ2n) is 3.34. The van der Waals surface area contributed by atoms with Gasteiger partial charge in [0.25, 0.3) is 0 Å². The third kappa shape index (κ3) is 4.16. The van der Waals surface area contributed by atoms with Gasteiger partial charge in [0.05, 0.1) is 6.54 Å². The molecule has 0 aromatic heterocycles. The lowest BCUT2D eigenvalue weighted by atomic mass is 10.1.